The van der Waals surface area contributed by atoms with E-state index >= 15 is 0 Å². The van der Waals surface area contributed by atoms with Crippen LogP contribution in [0.1, 0.15) is 39.2 Å². The van der Waals surface area contributed by atoms with E-state index in [0.29, 0.717) is 25.6 Å². The van der Waals surface area contributed by atoms with Crippen LogP contribution in [0.2, 0.25) is 0 Å². The molecule has 2 aliphatic rings. The summed E-state index contributed by atoms with van der Waals surface area (Å²) in [5.41, 5.74) is 0.834. The van der Waals surface area contributed by atoms with Crippen LogP contribution >= 0.6 is 0 Å². The molecule has 4 heteroatoms. The summed E-state index contributed by atoms with van der Waals surface area (Å²) in [6.07, 6.45) is 7.89. The molecule has 1 aromatic carbocycles. The van der Waals surface area contributed by atoms with Gasteiger partial charge in [0.05, 0.1) is 25.2 Å². The van der Waals surface area contributed by atoms with Gasteiger partial charge in [0.15, 0.2) is 0 Å². The second kappa shape index (κ2) is 8.41. The Morgan fingerprint density at radius 2 is 2.00 bits per heavy atom. The fraction of sp³-hybridized carbons (Fsp3) is 0.522. The molecule has 1 aromatic rings. The van der Waals surface area contributed by atoms with Gasteiger partial charge in [0, 0.05) is 18.9 Å². The summed E-state index contributed by atoms with van der Waals surface area (Å²) in [5, 5.41) is 0. The SMILES string of the molecule is CCOC(=O)C(C)(C)C1(OCCC2COC2)C=CC(c2ccccc2)=CC1. The monoisotopic (exact) mass is 370 g/mol. The summed E-state index contributed by atoms with van der Waals surface area (Å²) in [5.74, 6) is 0.342. The first-order chi connectivity index (χ1) is 13.0. The van der Waals surface area contributed by atoms with Crippen molar-refractivity contribution in [1.82, 2.24) is 0 Å². The lowest BCUT2D eigenvalue weighted by molar-refractivity contribution is -0.173. The Hall–Kier alpha value is -1.91. The third-order valence-electron chi connectivity index (χ3n) is 5.70. The summed E-state index contributed by atoms with van der Waals surface area (Å²) >= 11 is 0. The molecule has 3 rings (SSSR count). The van der Waals surface area contributed by atoms with E-state index in [1.165, 1.54) is 5.56 Å². The molecule has 0 saturated carbocycles. The predicted molar refractivity (Wildman–Crippen MR) is 106 cm³/mol. The molecule has 0 amide bonds. The minimum atomic E-state index is -0.783. The van der Waals surface area contributed by atoms with E-state index in [4.69, 9.17) is 14.2 Å². The standard InChI is InChI=1S/C23H30O4/c1-4-26-21(24)22(2,3)23(27-15-12-18-16-25-17-18)13-10-20(11-14-23)19-8-6-5-7-9-19/h5-11,13,18H,4,12,14-17H2,1-3H3. The van der Waals surface area contributed by atoms with Gasteiger partial charge in [0.25, 0.3) is 0 Å². The first-order valence-electron chi connectivity index (χ1n) is 9.82. The average Bonchev–Trinajstić information content (AvgIpc) is 2.65. The van der Waals surface area contributed by atoms with E-state index in [9.17, 15) is 4.79 Å². The zero-order valence-corrected chi connectivity index (χ0v) is 16.6. The van der Waals surface area contributed by atoms with Gasteiger partial charge in [-0.2, -0.15) is 0 Å². The summed E-state index contributed by atoms with van der Waals surface area (Å²) in [6.45, 7) is 8.27. The Labute approximate surface area is 162 Å². The van der Waals surface area contributed by atoms with E-state index in [0.717, 1.165) is 25.2 Å². The van der Waals surface area contributed by atoms with Gasteiger partial charge in [-0.15, -0.1) is 0 Å². The molecular weight excluding hydrogens is 340 g/mol. The fourth-order valence-corrected chi connectivity index (χ4v) is 3.56. The molecular formula is C23H30O4. The van der Waals surface area contributed by atoms with Gasteiger partial charge in [-0.25, -0.2) is 0 Å². The van der Waals surface area contributed by atoms with Crippen LogP contribution in [0.5, 0.6) is 0 Å². The van der Waals surface area contributed by atoms with E-state index in [-0.39, 0.29) is 5.97 Å². The van der Waals surface area contributed by atoms with Crippen molar-refractivity contribution in [3.05, 3.63) is 54.1 Å². The van der Waals surface area contributed by atoms with E-state index in [2.05, 4.69) is 30.4 Å². The summed E-state index contributed by atoms with van der Waals surface area (Å²) in [4.78, 5) is 12.7. The van der Waals surface area contributed by atoms with Crippen molar-refractivity contribution in [2.45, 2.75) is 39.2 Å². The van der Waals surface area contributed by atoms with Gasteiger partial charge in [0.2, 0.25) is 0 Å². The molecule has 27 heavy (non-hydrogen) atoms. The quantitative estimate of drug-likeness (QED) is 0.636. The normalized spacial score (nSPS) is 22.9. The number of allylic oxidation sites excluding steroid dienone is 2. The average molecular weight is 370 g/mol. The first-order valence-corrected chi connectivity index (χ1v) is 9.82. The third-order valence-corrected chi connectivity index (χ3v) is 5.70. The van der Waals surface area contributed by atoms with Crippen LogP contribution in [0.15, 0.2) is 48.6 Å². The van der Waals surface area contributed by atoms with Crippen LogP contribution in [0.3, 0.4) is 0 Å². The van der Waals surface area contributed by atoms with Gasteiger partial charge in [0.1, 0.15) is 5.60 Å². The lowest BCUT2D eigenvalue weighted by Crippen LogP contribution is -2.51. The van der Waals surface area contributed by atoms with Gasteiger partial charge in [-0.1, -0.05) is 48.6 Å². The maximum absolute atomic E-state index is 12.7. The Bertz CT molecular complexity index is 700. The highest BCUT2D eigenvalue weighted by atomic mass is 16.5. The molecule has 1 unspecified atom stereocenters. The van der Waals surface area contributed by atoms with Gasteiger partial charge in [-0.05, 0) is 38.3 Å². The lowest BCUT2D eigenvalue weighted by atomic mass is 9.70. The molecule has 0 radical (unpaired) electrons. The number of hydrogen-bond donors (Lipinski definition) is 0. The zero-order valence-electron chi connectivity index (χ0n) is 16.6. The smallest absolute Gasteiger partial charge is 0.314 e. The highest BCUT2D eigenvalue weighted by molar-refractivity contribution is 5.81. The van der Waals surface area contributed by atoms with Crippen LogP contribution in [0, 0.1) is 11.3 Å². The predicted octanol–water partition coefficient (Wildman–Crippen LogP) is 4.41. The maximum Gasteiger partial charge on any atom is 0.314 e. The largest absolute Gasteiger partial charge is 0.465 e. The van der Waals surface area contributed by atoms with Gasteiger partial charge >= 0.3 is 5.97 Å². The van der Waals surface area contributed by atoms with E-state index in [1.54, 1.807) is 0 Å². The highest BCUT2D eigenvalue weighted by Crippen LogP contribution is 2.43. The Balaban J connectivity index is 1.79. The third kappa shape index (κ3) is 4.17. The number of benzene rings is 1. The van der Waals surface area contributed by atoms with Crippen molar-refractivity contribution >= 4 is 11.5 Å². The van der Waals surface area contributed by atoms with Crippen LogP contribution in [0.4, 0.5) is 0 Å². The Kier molecular flexibility index (Phi) is 6.18. The summed E-state index contributed by atoms with van der Waals surface area (Å²) in [7, 11) is 0. The molecule has 1 fully saturated rings. The van der Waals surface area contributed by atoms with Crippen LogP contribution in [-0.4, -0.2) is 38.0 Å². The molecule has 1 aliphatic carbocycles. The van der Waals surface area contributed by atoms with Crippen molar-refractivity contribution in [3.8, 4) is 0 Å². The van der Waals surface area contributed by atoms with Crippen LogP contribution in [-0.2, 0) is 19.0 Å². The fourth-order valence-electron chi connectivity index (χ4n) is 3.56. The topological polar surface area (TPSA) is 44.8 Å². The van der Waals surface area contributed by atoms with Crippen LogP contribution in [0.25, 0.3) is 5.57 Å². The Morgan fingerprint density at radius 1 is 1.26 bits per heavy atom. The van der Waals surface area contributed by atoms with Gasteiger partial charge < -0.3 is 14.2 Å². The lowest BCUT2D eigenvalue weighted by Gasteiger charge is -2.44. The molecule has 1 atom stereocenters. The van der Waals surface area contributed by atoms with E-state index in [1.807, 2.05) is 39.0 Å². The molecule has 0 spiro atoms. The molecule has 0 N–H and O–H groups in total. The molecule has 0 bridgehead atoms. The molecule has 4 nitrogen and oxygen atoms in total. The zero-order chi connectivity index (χ0) is 19.3. The second-order valence-corrected chi connectivity index (χ2v) is 7.84. The summed E-state index contributed by atoms with van der Waals surface area (Å²) < 4.78 is 17.0. The first kappa shape index (κ1) is 19.8. The minimum absolute atomic E-state index is 0.224. The number of rotatable bonds is 8. The highest BCUT2D eigenvalue weighted by Gasteiger charge is 2.50. The number of carbonyl (C=O) groups is 1. The molecule has 1 aliphatic heterocycles. The number of hydrogen-bond acceptors (Lipinski definition) is 4. The second-order valence-electron chi connectivity index (χ2n) is 7.84. The molecule has 1 saturated heterocycles. The molecule has 0 aromatic heterocycles. The van der Waals surface area contributed by atoms with Crippen molar-refractivity contribution in [2.24, 2.45) is 11.3 Å². The van der Waals surface area contributed by atoms with Crippen molar-refractivity contribution in [2.75, 3.05) is 26.4 Å². The number of esters is 1. The number of ether oxygens (including phenoxy) is 3. The maximum atomic E-state index is 12.7. The molecule has 1 heterocycles. The summed E-state index contributed by atoms with van der Waals surface area (Å²) in [6, 6.07) is 10.3. The molecule has 146 valence electrons. The van der Waals surface area contributed by atoms with Crippen molar-refractivity contribution in [1.29, 1.82) is 0 Å². The minimum Gasteiger partial charge on any atom is -0.465 e. The van der Waals surface area contributed by atoms with E-state index < -0.39 is 11.0 Å². The van der Waals surface area contributed by atoms with Crippen molar-refractivity contribution < 1.29 is 19.0 Å². The van der Waals surface area contributed by atoms with Crippen LogP contribution < -0.4 is 0 Å². The number of carbonyl (C=O) groups excluding carboxylic acids is 1. The van der Waals surface area contributed by atoms with Crippen molar-refractivity contribution in [3.63, 3.8) is 0 Å². The Morgan fingerprint density at radius 3 is 2.56 bits per heavy atom. The van der Waals surface area contributed by atoms with Gasteiger partial charge in [-0.3, -0.25) is 4.79 Å².